The minimum atomic E-state index is -0.245. The van der Waals surface area contributed by atoms with Crippen molar-refractivity contribution in [2.75, 3.05) is 30.4 Å². The topological polar surface area (TPSA) is 67.4 Å². The number of amides is 1. The van der Waals surface area contributed by atoms with E-state index in [1.165, 1.54) is 5.56 Å². The molecule has 0 spiro atoms. The number of pyridine rings is 2. The van der Waals surface area contributed by atoms with Crippen LogP contribution in [0.4, 0.5) is 11.5 Å². The van der Waals surface area contributed by atoms with Gasteiger partial charge in [-0.1, -0.05) is 18.2 Å². The molecular formula is C21H22N4O2. The molecule has 0 aliphatic rings. The lowest BCUT2D eigenvalue weighted by Crippen LogP contribution is -2.22. The number of likely N-dealkylation sites (N-methyl/N-ethyl adjacent to an activating group) is 1. The molecule has 2 aromatic heterocycles. The van der Waals surface area contributed by atoms with Crippen LogP contribution >= 0.6 is 0 Å². The Kier molecular flexibility index (Phi) is 6.35. The van der Waals surface area contributed by atoms with Gasteiger partial charge in [-0.2, -0.15) is 0 Å². The first-order chi connectivity index (χ1) is 13.2. The molecule has 0 aliphatic heterocycles. The highest BCUT2D eigenvalue weighted by Crippen LogP contribution is 2.15. The van der Waals surface area contributed by atoms with Crippen LogP contribution in [0.25, 0.3) is 0 Å². The fourth-order valence-electron chi connectivity index (χ4n) is 2.51. The zero-order valence-electron chi connectivity index (χ0n) is 15.2. The molecule has 1 amide bonds. The van der Waals surface area contributed by atoms with E-state index in [0.717, 1.165) is 18.7 Å². The fourth-order valence-corrected chi connectivity index (χ4v) is 2.51. The zero-order valence-corrected chi connectivity index (χ0v) is 15.2. The Morgan fingerprint density at radius 1 is 1.07 bits per heavy atom. The minimum absolute atomic E-state index is 0.0563. The average molecular weight is 362 g/mol. The molecule has 1 aromatic carbocycles. The van der Waals surface area contributed by atoms with Crippen LogP contribution in [-0.2, 0) is 11.2 Å². The average Bonchev–Trinajstić information content (AvgIpc) is 2.72. The number of carbonyl (C=O) groups is 1. The summed E-state index contributed by atoms with van der Waals surface area (Å²) in [6.45, 7) is 0.807. The van der Waals surface area contributed by atoms with Crippen molar-refractivity contribution in [3.8, 4) is 5.75 Å². The third kappa shape index (κ3) is 5.81. The van der Waals surface area contributed by atoms with E-state index in [1.807, 2.05) is 55.6 Å². The van der Waals surface area contributed by atoms with Gasteiger partial charge in [0.25, 0.3) is 5.91 Å². The van der Waals surface area contributed by atoms with Crippen LogP contribution in [0.5, 0.6) is 5.75 Å². The van der Waals surface area contributed by atoms with Crippen molar-refractivity contribution in [1.82, 2.24) is 9.97 Å². The molecule has 6 nitrogen and oxygen atoms in total. The van der Waals surface area contributed by atoms with Crippen LogP contribution in [0.1, 0.15) is 5.56 Å². The monoisotopic (exact) mass is 362 g/mol. The molecule has 3 aromatic rings. The summed E-state index contributed by atoms with van der Waals surface area (Å²) in [5.74, 6) is 0.917. The molecule has 0 aliphatic carbocycles. The lowest BCUT2D eigenvalue weighted by Gasteiger charge is -2.19. The summed E-state index contributed by atoms with van der Waals surface area (Å²) in [5.41, 5.74) is 2.23. The number of benzene rings is 1. The van der Waals surface area contributed by atoms with Gasteiger partial charge in [-0.05, 0) is 48.4 Å². The summed E-state index contributed by atoms with van der Waals surface area (Å²) < 4.78 is 5.42. The molecule has 0 fully saturated rings. The Morgan fingerprint density at radius 3 is 2.56 bits per heavy atom. The van der Waals surface area contributed by atoms with Crippen molar-refractivity contribution in [1.29, 1.82) is 0 Å². The van der Waals surface area contributed by atoms with Gasteiger partial charge in [-0.15, -0.1) is 0 Å². The molecule has 27 heavy (non-hydrogen) atoms. The lowest BCUT2D eigenvalue weighted by atomic mass is 10.2. The molecule has 1 N–H and O–H groups in total. The van der Waals surface area contributed by atoms with E-state index in [2.05, 4.69) is 20.2 Å². The molecule has 0 unspecified atom stereocenters. The van der Waals surface area contributed by atoms with Crippen molar-refractivity contribution >= 4 is 17.4 Å². The first-order valence-electron chi connectivity index (χ1n) is 8.74. The predicted octanol–water partition coefficient (Wildman–Crippen LogP) is 3.17. The van der Waals surface area contributed by atoms with Crippen LogP contribution in [0, 0.1) is 0 Å². The number of nitrogens with one attached hydrogen (secondary N) is 1. The Balaban J connectivity index is 1.47. The number of para-hydroxylation sites is 1. The first kappa shape index (κ1) is 18.4. The van der Waals surface area contributed by atoms with Gasteiger partial charge in [0, 0.05) is 26.0 Å². The highest BCUT2D eigenvalue weighted by atomic mass is 16.5. The van der Waals surface area contributed by atoms with E-state index in [9.17, 15) is 4.79 Å². The third-order valence-electron chi connectivity index (χ3n) is 4.05. The molecule has 0 bridgehead atoms. The number of ether oxygens (including phenoxy) is 1. The molecule has 3 rings (SSSR count). The number of aromatic nitrogens is 2. The molecule has 138 valence electrons. The Hall–Kier alpha value is -3.41. The van der Waals surface area contributed by atoms with Gasteiger partial charge in [0.1, 0.15) is 11.6 Å². The summed E-state index contributed by atoms with van der Waals surface area (Å²) >= 11 is 0. The second-order valence-electron chi connectivity index (χ2n) is 6.08. The Morgan fingerprint density at radius 2 is 1.85 bits per heavy atom. The lowest BCUT2D eigenvalue weighted by molar-refractivity contribution is -0.118. The van der Waals surface area contributed by atoms with E-state index in [1.54, 1.807) is 24.7 Å². The Labute approximate surface area is 158 Å². The molecule has 0 saturated carbocycles. The van der Waals surface area contributed by atoms with E-state index in [4.69, 9.17) is 4.74 Å². The second kappa shape index (κ2) is 9.33. The van der Waals surface area contributed by atoms with Gasteiger partial charge in [0.05, 0.1) is 11.9 Å². The summed E-state index contributed by atoms with van der Waals surface area (Å²) in [7, 11) is 2.02. The largest absolute Gasteiger partial charge is 0.484 e. The number of anilines is 2. The summed E-state index contributed by atoms with van der Waals surface area (Å²) in [5, 5.41) is 2.74. The minimum Gasteiger partial charge on any atom is -0.484 e. The fraction of sp³-hybridized carbons (Fsp3) is 0.190. The van der Waals surface area contributed by atoms with Crippen molar-refractivity contribution in [2.24, 2.45) is 0 Å². The number of hydrogen-bond donors (Lipinski definition) is 1. The van der Waals surface area contributed by atoms with Crippen LogP contribution in [-0.4, -0.2) is 36.1 Å². The normalized spacial score (nSPS) is 10.3. The van der Waals surface area contributed by atoms with Crippen LogP contribution in [0.2, 0.25) is 0 Å². The maximum Gasteiger partial charge on any atom is 0.263 e. The number of rotatable bonds is 8. The van der Waals surface area contributed by atoms with Crippen LogP contribution in [0.3, 0.4) is 0 Å². The third-order valence-corrected chi connectivity index (χ3v) is 4.05. The molecular weight excluding hydrogens is 340 g/mol. The van der Waals surface area contributed by atoms with Crippen molar-refractivity contribution in [2.45, 2.75) is 6.42 Å². The van der Waals surface area contributed by atoms with E-state index >= 15 is 0 Å². The van der Waals surface area contributed by atoms with E-state index in [0.29, 0.717) is 11.6 Å². The number of nitrogens with zero attached hydrogens (tertiary/aromatic N) is 3. The van der Waals surface area contributed by atoms with Gasteiger partial charge in [0.2, 0.25) is 0 Å². The number of carbonyl (C=O) groups excluding carboxylic acids is 1. The van der Waals surface area contributed by atoms with E-state index < -0.39 is 0 Å². The standard InChI is InChI=1S/C21H22N4O2/c1-25(14-11-17-9-12-22-13-10-17)18-7-8-20(23-15-18)24-21(26)16-27-19-5-3-2-4-6-19/h2-10,12-13,15H,11,14,16H2,1H3,(H,23,24,26). The second-order valence-corrected chi connectivity index (χ2v) is 6.08. The highest BCUT2D eigenvalue weighted by molar-refractivity contribution is 5.91. The highest BCUT2D eigenvalue weighted by Gasteiger charge is 2.06. The zero-order chi connectivity index (χ0) is 18.9. The van der Waals surface area contributed by atoms with Crippen molar-refractivity contribution in [3.05, 3.63) is 78.8 Å². The van der Waals surface area contributed by atoms with Crippen LogP contribution < -0.4 is 15.0 Å². The SMILES string of the molecule is CN(CCc1ccncc1)c1ccc(NC(=O)COc2ccccc2)nc1. The molecule has 0 atom stereocenters. The van der Waals surface area contributed by atoms with Crippen molar-refractivity contribution < 1.29 is 9.53 Å². The summed E-state index contributed by atoms with van der Waals surface area (Å²) in [6, 6.07) is 17.0. The van der Waals surface area contributed by atoms with Gasteiger partial charge < -0.3 is 15.0 Å². The smallest absolute Gasteiger partial charge is 0.263 e. The first-order valence-corrected chi connectivity index (χ1v) is 8.74. The molecule has 2 heterocycles. The summed E-state index contributed by atoms with van der Waals surface area (Å²) in [6.07, 6.45) is 6.28. The Bertz CT molecular complexity index is 839. The van der Waals surface area contributed by atoms with Gasteiger partial charge in [-0.3, -0.25) is 9.78 Å². The molecule has 0 saturated heterocycles. The summed E-state index contributed by atoms with van der Waals surface area (Å²) in [4.78, 5) is 22.4. The maximum atomic E-state index is 12.0. The quantitative estimate of drug-likeness (QED) is 0.667. The predicted molar refractivity (Wildman–Crippen MR) is 106 cm³/mol. The van der Waals surface area contributed by atoms with Gasteiger partial charge in [0.15, 0.2) is 6.61 Å². The van der Waals surface area contributed by atoms with Crippen LogP contribution in [0.15, 0.2) is 73.2 Å². The van der Waals surface area contributed by atoms with Gasteiger partial charge in [-0.25, -0.2) is 4.98 Å². The van der Waals surface area contributed by atoms with Crippen molar-refractivity contribution in [3.63, 3.8) is 0 Å². The number of hydrogen-bond acceptors (Lipinski definition) is 5. The maximum absolute atomic E-state index is 12.0. The van der Waals surface area contributed by atoms with Gasteiger partial charge >= 0.3 is 0 Å². The molecule has 0 radical (unpaired) electrons. The molecule has 6 heteroatoms. The van der Waals surface area contributed by atoms with E-state index in [-0.39, 0.29) is 12.5 Å².